The normalized spacial score (nSPS) is 26.7. The average Bonchev–Trinajstić information content (AvgIpc) is 2.97. The highest BCUT2D eigenvalue weighted by Crippen LogP contribution is 2.27. The van der Waals surface area contributed by atoms with Crippen molar-refractivity contribution in [3.63, 3.8) is 0 Å². The molecule has 4 nitrogen and oxygen atoms in total. The summed E-state index contributed by atoms with van der Waals surface area (Å²) in [4.78, 5) is 10.4. The van der Waals surface area contributed by atoms with Crippen LogP contribution < -0.4 is 0 Å². The highest BCUT2D eigenvalue weighted by Gasteiger charge is 2.28. The number of rotatable bonds is 9. The lowest BCUT2D eigenvalue weighted by Crippen LogP contribution is -2.24. The minimum atomic E-state index is -0.711. The second-order valence-electron chi connectivity index (χ2n) is 6.64. The van der Waals surface area contributed by atoms with Crippen LogP contribution in [0.1, 0.15) is 57.8 Å². The van der Waals surface area contributed by atoms with Crippen LogP contribution in [0.25, 0.3) is 0 Å². The van der Waals surface area contributed by atoms with Gasteiger partial charge in [-0.2, -0.15) is 0 Å². The van der Waals surface area contributed by atoms with Gasteiger partial charge in [0.2, 0.25) is 0 Å². The first-order chi connectivity index (χ1) is 10.8. The maximum atomic E-state index is 10.4. The highest BCUT2D eigenvalue weighted by atomic mass is 16.5. The van der Waals surface area contributed by atoms with Gasteiger partial charge in [-0.05, 0) is 38.0 Å². The first kappa shape index (κ1) is 17.5. The molecule has 0 spiro atoms. The molecule has 1 heterocycles. The third-order valence-electron chi connectivity index (χ3n) is 4.80. The second-order valence-corrected chi connectivity index (χ2v) is 6.64. The van der Waals surface area contributed by atoms with Crippen LogP contribution in [0.3, 0.4) is 0 Å². The van der Waals surface area contributed by atoms with E-state index in [0.717, 1.165) is 39.1 Å². The number of ether oxygens (including phenoxy) is 2. The Labute approximate surface area is 133 Å². The summed E-state index contributed by atoms with van der Waals surface area (Å²) in [6.45, 7) is 2.49. The standard InChI is InChI=1S/C18H30O4/c19-18(20)11-7-2-1-4-8-15-12-21-13-16(15)14-22-17-9-5-3-6-10-17/h1,4,15-17H,2-3,5-14H2,(H,19,20)/b4-1-/t15-,16+/m0/s1. The van der Waals surface area contributed by atoms with Crippen molar-refractivity contribution in [3.05, 3.63) is 12.2 Å². The molecule has 2 fully saturated rings. The van der Waals surface area contributed by atoms with Gasteiger partial charge in [-0.1, -0.05) is 31.4 Å². The largest absolute Gasteiger partial charge is 0.481 e. The molecule has 0 aromatic heterocycles. The fourth-order valence-electron chi connectivity index (χ4n) is 3.34. The lowest BCUT2D eigenvalue weighted by atomic mass is 9.92. The minimum Gasteiger partial charge on any atom is -0.481 e. The number of carboxylic acids is 1. The average molecular weight is 310 g/mol. The van der Waals surface area contributed by atoms with Crippen molar-refractivity contribution in [1.29, 1.82) is 0 Å². The number of aliphatic carboxylic acids is 1. The van der Waals surface area contributed by atoms with Crippen molar-refractivity contribution in [2.75, 3.05) is 19.8 Å². The molecular formula is C18H30O4. The second kappa shape index (κ2) is 10.0. The van der Waals surface area contributed by atoms with Gasteiger partial charge in [-0.25, -0.2) is 0 Å². The van der Waals surface area contributed by atoms with Gasteiger partial charge < -0.3 is 14.6 Å². The lowest BCUT2D eigenvalue weighted by Gasteiger charge is -2.25. The van der Waals surface area contributed by atoms with E-state index in [1.54, 1.807) is 0 Å². The molecule has 2 aliphatic rings. The summed E-state index contributed by atoms with van der Waals surface area (Å²) in [5, 5.41) is 8.59. The van der Waals surface area contributed by atoms with Crippen molar-refractivity contribution in [2.45, 2.75) is 63.9 Å². The smallest absolute Gasteiger partial charge is 0.303 e. The van der Waals surface area contributed by atoms with Crippen LogP contribution in [0.4, 0.5) is 0 Å². The predicted molar refractivity (Wildman–Crippen MR) is 85.9 cm³/mol. The summed E-state index contributed by atoms with van der Waals surface area (Å²) in [6.07, 6.45) is 14.1. The molecule has 4 heteroatoms. The molecule has 2 atom stereocenters. The summed E-state index contributed by atoms with van der Waals surface area (Å²) >= 11 is 0. The Bertz CT molecular complexity index is 347. The van der Waals surface area contributed by atoms with Crippen molar-refractivity contribution in [3.8, 4) is 0 Å². The molecule has 1 N–H and O–H groups in total. The Morgan fingerprint density at radius 3 is 2.68 bits per heavy atom. The maximum absolute atomic E-state index is 10.4. The molecule has 126 valence electrons. The van der Waals surface area contributed by atoms with Crippen LogP contribution in [0.2, 0.25) is 0 Å². The van der Waals surface area contributed by atoms with E-state index in [-0.39, 0.29) is 6.42 Å². The maximum Gasteiger partial charge on any atom is 0.303 e. The molecule has 2 rings (SSSR count). The topological polar surface area (TPSA) is 55.8 Å². The molecule has 0 aromatic carbocycles. The molecule has 0 unspecified atom stereocenters. The number of allylic oxidation sites excluding steroid dienone is 2. The minimum absolute atomic E-state index is 0.259. The number of unbranched alkanes of at least 4 members (excludes halogenated alkanes) is 1. The molecule has 0 aromatic rings. The van der Waals surface area contributed by atoms with Gasteiger partial charge in [0.15, 0.2) is 0 Å². The molecule has 0 radical (unpaired) electrons. The van der Waals surface area contributed by atoms with Crippen molar-refractivity contribution < 1.29 is 19.4 Å². The zero-order chi connectivity index (χ0) is 15.6. The summed E-state index contributed by atoms with van der Waals surface area (Å²) < 4.78 is 11.7. The van der Waals surface area contributed by atoms with Crippen LogP contribution in [0.15, 0.2) is 12.2 Å². The van der Waals surface area contributed by atoms with Gasteiger partial charge in [-0.15, -0.1) is 0 Å². The van der Waals surface area contributed by atoms with Crippen molar-refractivity contribution >= 4 is 5.97 Å². The van der Waals surface area contributed by atoms with Crippen LogP contribution in [0.5, 0.6) is 0 Å². The van der Waals surface area contributed by atoms with E-state index in [0.29, 0.717) is 17.9 Å². The summed E-state index contributed by atoms with van der Waals surface area (Å²) in [7, 11) is 0. The van der Waals surface area contributed by atoms with E-state index >= 15 is 0 Å². The van der Waals surface area contributed by atoms with Gasteiger partial charge in [0, 0.05) is 12.3 Å². The van der Waals surface area contributed by atoms with Gasteiger partial charge in [0.1, 0.15) is 0 Å². The SMILES string of the molecule is O=C(O)CCC/C=C\C[C@H]1COC[C@@H]1COC1CCCCC1. The third-order valence-corrected chi connectivity index (χ3v) is 4.80. The fraction of sp³-hybridized carbons (Fsp3) is 0.833. The number of carbonyl (C=O) groups is 1. The molecule has 1 saturated heterocycles. The van der Waals surface area contributed by atoms with E-state index in [4.69, 9.17) is 14.6 Å². The van der Waals surface area contributed by atoms with Crippen molar-refractivity contribution in [1.82, 2.24) is 0 Å². The molecule has 1 aliphatic carbocycles. The summed E-state index contributed by atoms with van der Waals surface area (Å²) in [6, 6.07) is 0. The first-order valence-corrected chi connectivity index (χ1v) is 8.82. The quantitative estimate of drug-likeness (QED) is 0.520. The summed E-state index contributed by atoms with van der Waals surface area (Å²) in [5.41, 5.74) is 0. The van der Waals surface area contributed by atoms with E-state index in [9.17, 15) is 4.79 Å². The van der Waals surface area contributed by atoms with E-state index < -0.39 is 5.97 Å². The number of carboxylic acid groups (broad SMARTS) is 1. The zero-order valence-electron chi connectivity index (χ0n) is 13.5. The van der Waals surface area contributed by atoms with E-state index in [1.807, 2.05) is 0 Å². The van der Waals surface area contributed by atoms with Gasteiger partial charge >= 0.3 is 5.97 Å². The molecule has 0 bridgehead atoms. The van der Waals surface area contributed by atoms with Crippen LogP contribution in [-0.4, -0.2) is 37.0 Å². The van der Waals surface area contributed by atoms with Gasteiger partial charge in [-0.3, -0.25) is 4.79 Å². The van der Waals surface area contributed by atoms with Crippen molar-refractivity contribution in [2.24, 2.45) is 11.8 Å². The third kappa shape index (κ3) is 6.49. The Morgan fingerprint density at radius 1 is 1.14 bits per heavy atom. The summed E-state index contributed by atoms with van der Waals surface area (Å²) in [5.74, 6) is 0.363. The number of hydrogen-bond donors (Lipinski definition) is 1. The monoisotopic (exact) mass is 310 g/mol. The van der Waals surface area contributed by atoms with E-state index in [1.165, 1.54) is 32.1 Å². The Balaban J connectivity index is 1.60. The highest BCUT2D eigenvalue weighted by molar-refractivity contribution is 5.66. The van der Waals surface area contributed by atoms with Crippen LogP contribution in [0, 0.1) is 11.8 Å². The van der Waals surface area contributed by atoms with E-state index in [2.05, 4.69) is 12.2 Å². The van der Waals surface area contributed by atoms with Gasteiger partial charge in [0.05, 0.1) is 25.9 Å². The molecule has 0 amide bonds. The van der Waals surface area contributed by atoms with Crippen LogP contribution in [-0.2, 0) is 14.3 Å². The zero-order valence-corrected chi connectivity index (χ0v) is 13.5. The Kier molecular flexibility index (Phi) is 7.95. The first-order valence-electron chi connectivity index (χ1n) is 8.82. The molecular weight excluding hydrogens is 280 g/mol. The molecule has 1 aliphatic heterocycles. The Hall–Kier alpha value is -0.870. The lowest BCUT2D eigenvalue weighted by molar-refractivity contribution is -0.137. The number of hydrogen-bond acceptors (Lipinski definition) is 3. The van der Waals surface area contributed by atoms with Crippen LogP contribution >= 0.6 is 0 Å². The fourth-order valence-corrected chi connectivity index (χ4v) is 3.34. The van der Waals surface area contributed by atoms with Gasteiger partial charge in [0.25, 0.3) is 0 Å². The molecule has 22 heavy (non-hydrogen) atoms. The predicted octanol–water partition coefficient (Wildman–Crippen LogP) is 3.80. The Morgan fingerprint density at radius 2 is 1.91 bits per heavy atom. The molecule has 1 saturated carbocycles.